The minimum atomic E-state index is -0.472. The molecule has 1 aromatic rings. The van der Waals surface area contributed by atoms with E-state index in [-0.39, 0.29) is 0 Å². The Labute approximate surface area is 68.2 Å². The number of rotatable bonds is 2. The Balaban J connectivity index is 2.89. The molecule has 0 bridgehead atoms. The third-order valence-corrected chi connectivity index (χ3v) is 1.69. The Morgan fingerprint density at radius 1 is 1.18 bits per heavy atom. The first-order chi connectivity index (χ1) is 5.22. The molecule has 1 N–H and O–H groups in total. The lowest BCUT2D eigenvalue weighted by Gasteiger charge is -2.03. The van der Waals surface area contributed by atoms with E-state index in [4.69, 9.17) is 9.42 Å². The molecule has 0 aliphatic rings. The van der Waals surface area contributed by atoms with Crippen LogP contribution >= 0.6 is 9.03 Å². The summed E-state index contributed by atoms with van der Waals surface area (Å²) in [6.07, 6.45) is 0. The van der Waals surface area contributed by atoms with Gasteiger partial charge in [0.15, 0.2) is 0 Å². The number of hydrogen-bond donors (Lipinski definition) is 1. The summed E-state index contributed by atoms with van der Waals surface area (Å²) in [6, 6.07) is 5.86. The highest BCUT2D eigenvalue weighted by Crippen LogP contribution is 2.20. The summed E-state index contributed by atoms with van der Waals surface area (Å²) in [5.41, 5.74) is 2.30. The predicted molar refractivity (Wildman–Crippen MR) is 47.1 cm³/mol. The summed E-state index contributed by atoms with van der Waals surface area (Å²) >= 11 is 0. The molecule has 0 heterocycles. The summed E-state index contributed by atoms with van der Waals surface area (Å²) in [6.45, 7) is 4.00. The second kappa shape index (κ2) is 3.70. The fourth-order valence-corrected chi connectivity index (χ4v) is 1.27. The first-order valence-corrected chi connectivity index (χ1v) is 4.22. The van der Waals surface area contributed by atoms with E-state index in [9.17, 15) is 0 Å². The predicted octanol–water partition coefficient (Wildman–Crippen LogP) is 2.18. The highest BCUT2D eigenvalue weighted by atomic mass is 31.1. The van der Waals surface area contributed by atoms with Crippen molar-refractivity contribution in [1.82, 2.24) is 0 Å². The van der Waals surface area contributed by atoms with Gasteiger partial charge in [0, 0.05) is 0 Å². The van der Waals surface area contributed by atoms with Crippen molar-refractivity contribution in [1.29, 1.82) is 0 Å². The molecule has 0 aliphatic carbocycles. The summed E-state index contributed by atoms with van der Waals surface area (Å²) in [4.78, 5) is 8.51. The fraction of sp³-hybridized carbons (Fsp3) is 0.250. The molecular formula is C8H11O2P. The maximum Gasteiger partial charge on any atom is 0.212 e. The van der Waals surface area contributed by atoms with E-state index in [0.29, 0.717) is 0 Å². The Morgan fingerprint density at radius 2 is 1.73 bits per heavy atom. The zero-order chi connectivity index (χ0) is 8.27. The van der Waals surface area contributed by atoms with Crippen LogP contribution in [0.15, 0.2) is 18.2 Å². The van der Waals surface area contributed by atoms with E-state index >= 15 is 0 Å². The van der Waals surface area contributed by atoms with Crippen LogP contribution in [0.5, 0.6) is 5.75 Å². The Morgan fingerprint density at radius 3 is 2.18 bits per heavy atom. The number of hydrogen-bond acceptors (Lipinski definition) is 2. The van der Waals surface area contributed by atoms with Crippen molar-refractivity contribution in [3.8, 4) is 5.75 Å². The van der Waals surface area contributed by atoms with Crippen molar-refractivity contribution in [2.75, 3.05) is 0 Å². The van der Waals surface area contributed by atoms with Crippen LogP contribution in [0.25, 0.3) is 0 Å². The topological polar surface area (TPSA) is 29.5 Å². The van der Waals surface area contributed by atoms with E-state index in [2.05, 4.69) is 6.07 Å². The molecule has 0 fully saturated rings. The summed E-state index contributed by atoms with van der Waals surface area (Å²) in [5, 5.41) is 0. The van der Waals surface area contributed by atoms with Crippen LogP contribution in [-0.4, -0.2) is 4.89 Å². The summed E-state index contributed by atoms with van der Waals surface area (Å²) in [5.74, 6) is 0.739. The zero-order valence-electron chi connectivity index (χ0n) is 6.59. The second-order valence-corrected chi connectivity index (χ2v) is 2.90. The highest BCUT2D eigenvalue weighted by molar-refractivity contribution is 7.25. The standard InChI is InChI=1S/C8H11O2P/c1-6-3-7(2)5-8(4-6)10-11-9/h3-5,9,11H,1-2H3. The van der Waals surface area contributed by atoms with Crippen LogP contribution < -0.4 is 4.52 Å². The van der Waals surface area contributed by atoms with Gasteiger partial charge in [-0.25, -0.2) is 0 Å². The van der Waals surface area contributed by atoms with Crippen molar-refractivity contribution < 1.29 is 9.42 Å². The number of aryl methyl sites for hydroxylation is 2. The third kappa shape index (κ3) is 2.49. The van der Waals surface area contributed by atoms with Gasteiger partial charge in [-0.15, -0.1) is 0 Å². The largest absolute Gasteiger partial charge is 0.450 e. The summed E-state index contributed by atoms with van der Waals surface area (Å²) < 4.78 is 4.95. The maximum atomic E-state index is 8.51. The minimum Gasteiger partial charge on any atom is -0.450 e. The van der Waals surface area contributed by atoms with Gasteiger partial charge in [0.05, 0.1) is 0 Å². The van der Waals surface area contributed by atoms with Crippen molar-refractivity contribution in [3.63, 3.8) is 0 Å². The van der Waals surface area contributed by atoms with Gasteiger partial charge in [-0.2, -0.15) is 0 Å². The first kappa shape index (κ1) is 8.51. The fourth-order valence-electron chi connectivity index (χ4n) is 1.04. The van der Waals surface area contributed by atoms with Crippen molar-refractivity contribution >= 4 is 9.03 Å². The molecular weight excluding hydrogens is 159 g/mol. The van der Waals surface area contributed by atoms with E-state index in [0.717, 1.165) is 16.9 Å². The molecule has 1 aromatic carbocycles. The highest BCUT2D eigenvalue weighted by Gasteiger charge is 1.94. The molecule has 0 spiro atoms. The van der Waals surface area contributed by atoms with Crippen LogP contribution in [0.1, 0.15) is 11.1 Å². The Hall–Kier alpha value is -0.590. The monoisotopic (exact) mass is 170 g/mol. The smallest absolute Gasteiger partial charge is 0.212 e. The van der Waals surface area contributed by atoms with Crippen LogP contribution in [0, 0.1) is 13.8 Å². The van der Waals surface area contributed by atoms with Crippen molar-refractivity contribution in [3.05, 3.63) is 29.3 Å². The molecule has 0 amide bonds. The van der Waals surface area contributed by atoms with E-state index in [1.165, 1.54) is 0 Å². The number of benzene rings is 1. The molecule has 2 nitrogen and oxygen atoms in total. The lowest BCUT2D eigenvalue weighted by atomic mass is 10.1. The van der Waals surface area contributed by atoms with Gasteiger partial charge in [-0.3, -0.25) is 0 Å². The molecule has 60 valence electrons. The van der Waals surface area contributed by atoms with E-state index in [1.807, 2.05) is 26.0 Å². The maximum absolute atomic E-state index is 8.51. The molecule has 1 atom stereocenters. The summed E-state index contributed by atoms with van der Waals surface area (Å²) in [7, 11) is -0.472. The molecule has 11 heavy (non-hydrogen) atoms. The Kier molecular flexibility index (Phi) is 2.86. The molecule has 0 aromatic heterocycles. The van der Waals surface area contributed by atoms with Crippen LogP contribution in [0.3, 0.4) is 0 Å². The molecule has 0 aliphatic heterocycles. The van der Waals surface area contributed by atoms with E-state index in [1.54, 1.807) is 0 Å². The van der Waals surface area contributed by atoms with Gasteiger partial charge in [-0.1, -0.05) is 6.07 Å². The van der Waals surface area contributed by atoms with Gasteiger partial charge in [0.25, 0.3) is 0 Å². The lowest BCUT2D eigenvalue weighted by molar-refractivity contribution is 0.514. The van der Waals surface area contributed by atoms with Gasteiger partial charge in [0.1, 0.15) is 5.75 Å². The molecule has 0 saturated carbocycles. The SMILES string of the molecule is Cc1cc(C)cc(OPO)c1. The third-order valence-electron chi connectivity index (χ3n) is 1.36. The lowest BCUT2D eigenvalue weighted by Crippen LogP contribution is -1.81. The van der Waals surface area contributed by atoms with Crippen molar-refractivity contribution in [2.45, 2.75) is 13.8 Å². The average Bonchev–Trinajstić information content (AvgIpc) is 1.85. The molecule has 0 saturated heterocycles. The molecule has 1 unspecified atom stereocenters. The molecule has 1 rings (SSSR count). The van der Waals surface area contributed by atoms with Gasteiger partial charge in [0.2, 0.25) is 9.03 Å². The van der Waals surface area contributed by atoms with Gasteiger partial charge >= 0.3 is 0 Å². The average molecular weight is 170 g/mol. The van der Waals surface area contributed by atoms with Gasteiger partial charge < -0.3 is 9.42 Å². The van der Waals surface area contributed by atoms with Crippen LogP contribution in [0.4, 0.5) is 0 Å². The molecule has 3 heteroatoms. The van der Waals surface area contributed by atoms with Crippen LogP contribution in [0.2, 0.25) is 0 Å². The van der Waals surface area contributed by atoms with Gasteiger partial charge in [-0.05, 0) is 37.1 Å². The minimum absolute atomic E-state index is 0.472. The van der Waals surface area contributed by atoms with Crippen molar-refractivity contribution in [2.24, 2.45) is 0 Å². The van der Waals surface area contributed by atoms with Crippen LogP contribution in [-0.2, 0) is 0 Å². The first-order valence-electron chi connectivity index (χ1n) is 3.36. The quantitative estimate of drug-likeness (QED) is 0.689. The normalized spacial score (nSPS) is 10.8. The molecule has 0 radical (unpaired) electrons. The second-order valence-electron chi connectivity index (χ2n) is 2.52. The van der Waals surface area contributed by atoms with E-state index < -0.39 is 9.03 Å². The Bertz CT molecular complexity index is 228. The zero-order valence-corrected chi connectivity index (χ0v) is 7.59.